The fraction of sp³-hybridized carbons (Fsp3) is 0.462. The highest BCUT2D eigenvalue weighted by molar-refractivity contribution is 6.05. The van der Waals surface area contributed by atoms with Gasteiger partial charge in [-0.2, -0.15) is 0 Å². The van der Waals surface area contributed by atoms with Crippen molar-refractivity contribution in [2.75, 3.05) is 44.2 Å². The fourth-order valence-electron chi connectivity index (χ4n) is 5.10. The van der Waals surface area contributed by atoms with Crippen LogP contribution in [-0.4, -0.2) is 77.0 Å². The zero-order chi connectivity index (χ0) is 23.3. The Balaban J connectivity index is 1.23. The molecule has 178 valence electrons. The van der Waals surface area contributed by atoms with Crippen molar-refractivity contribution in [3.8, 4) is 0 Å². The standard InChI is InChI=1S/C26H31N5O3/c32-25-22-7-1-2-8-23(22)26(33)31(25)18-21(34-19-20-6-5-10-27-16-20)17-29-12-14-30(15-13-29)24-9-3-4-11-28-24/h1-6,9-11,16,21-23H,7-8,12-15,17-19H2/t21?,22-,23+. The molecule has 0 N–H and O–H groups in total. The number of carbonyl (C=O) groups is 2. The van der Waals surface area contributed by atoms with E-state index in [9.17, 15) is 9.59 Å². The van der Waals surface area contributed by atoms with Crippen molar-refractivity contribution in [3.05, 3.63) is 66.6 Å². The molecule has 3 atom stereocenters. The van der Waals surface area contributed by atoms with Crippen LogP contribution in [0.1, 0.15) is 18.4 Å². The van der Waals surface area contributed by atoms with Gasteiger partial charge in [0, 0.05) is 51.3 Å². The van der Waals surface area contributed by atoms with Gasteiger partial charge in [-0.1, -0.05) is 24.3 Å². The Kier molecular flexibility index (Phi) is 6.97. The topological polar surface area (TPSA) is 78.9 Å². The van der Waals surface area contributed by atoms with Crippen LogP contribution in [0.15, 0.2) is 61.1 Å². The third-order valence-corrected chi connectivity index (χ3v) is 7.00. The number of fused-ring (bicyclic) bond motifs is 1. The highest BCUT2D eigenvalue weighted by Crippen LogP contribution is 2.35. The molecule has 0 bridgehead atoms. The fourth-order valence-corrected chi connectivity index (χ4v) is 5.10. The lowest BCUT2D eigenvalue weighted by Gasteiger charge is -2.37. The molecule has 2 fully saturated rings. The Labute approximate surface area is 200 Å². The van der Waals surface area contributed by atoms with Crippen LogP contribution >= 0.6 is 0 Å². The highest BCUT2D eigenvalue weighted by Gasteiger charge is 2.47. The van der Waals surface area contributed by atoms with E-state index in [0.717, 1.165) is 37.6 Å². The number of allylic oxidation sites excluding steroid dienone is 2. The van der Waals surface area contributed by atoms with Gasteiger partial charge in [-0.05, 0) is 36.6 Å². The van der Waals surface area contributed by atoms with Gasteiger partial charge < -0.3 is 9.64 Å². The minimum atomic E-state index is -0.261. The number of aromatic nitrogens is 2. The van der Waals surface area contributed by atoms with E-state index in [1.807, 2.05) is 48.7 Å². The van der Waals surface area contributed by atoms with Gasteiger partial charge in [0.2, 0.25) is 11.8 Å². The van der Waals surface area contributed by atoms with Crippen LogP contribution in [0, 0.1) is 11.8 Å². The number of carbonyl (C=O) groups excluding carboxylic acids is 2. The second-order valence-electron chi connectivity index (χ2n) is 9.21. The van der Waals surface area contributed by atoms with Crippen molar-refractivity contribution >= 4 is 17.6 Å². The maximum Gasteiger partial charge on any atom is 0.233 e. The summed E-state index contributed by atoms with van der Waals surface area (Å²) < 4.78 is 6.29. The first-order chi connectivity index (χ1) is 16.7. The number of anilines is 1. The minimum Gasteiger partial charge on any atom is -0.370 e. The van der Waals surface area contributed by atoms with E-state index in [0.29, 0.717) is 32.5 Å². The Morgan fingerprint density at radius 2 is 1.68 bits per heavy atom. The van der Waals surface area contributed by atoms with Gasteiger partial charge in [-0.25, -0.2) is 4.98 Å². The lowest BCUT2D eigenvalue weighted by Crippen LogP contribution is -2.51. The Morgan fingerprint density at radius 1 is 0.912 bits per heavy atom. The number of nitrogens with zero attached hydrogens (tertiary/aromatic N) is 5. The average molecular weight is 462 g/mol. The van der Waals surface area contributed by atoms with Crippen molar-refractivity contribution in [1.29, 1.82) is 0 Å². The molecule has 2 saturated heterocycles. The third-order valence-electron chi connectivity index (χ3n) is 7.00. The summed E-state index contributed by atoms with van der Waals surface area (Å²) in [5.74, 6) is 0.483. The molecule has 1 unspecified atom stereocenters. The van der Waals surface area contributed by atoms with Gasteiger partial charge >= 0.3 is 0 Å². The zero-order valence-corrected chi connectivity index (χ0v) is 19.3. The summed E-state index contributed by atoms with van der Waals surface area (Å²) in [6, 6.07) is 9.83. The predicted octanol–water partition coefficient (Wildman–Crippen LogP) is 2.14. The summed E-state index contributed by atoms with van der Waals surface area (Å²) in [6.07, 6.45) is 10.4. The van der Waals surface area contributed by atoms with Crippen LogP contribution in [-0.2, 0) is 20.9 Å². The molecule has 0 saturated carbocycles. The molecule has 2 aromatic heterocycles. The van der Waals surface area contributed by atoms with E-state index in [-0.39, 0.29) is 29.8 Å². The molecule has 0 spiro atoms. The van der Waals surface area contributed by atoms with Gasteiger partial charge in [0.25, 0.3) is 0 Å². The number of hydrogen-bond donors (Lipinski definition) is 0. The summed E-state index contributed by atoms with van der Waals surface area (Å²) in [4.78, 5) is 40.8. The van der Waals surface area contributed by atoms with Gasteiger partial charge in [0.15, 0.2) is 0 Å². The monoisotopic (exact) mass is 461 g/mol. The van der Waals surface area contributed by atoms with Gasteiger partial charge in [-0.3, -0.25) is 24.4 Å². The van der Waals surface area contributed by atoms with Crippen LogP contribution in [0.5, 0.6) is 0 Å². The molecule has 2 amide bonds. The predicted molar refractivity (Wildman–Crippen MR) is 128 cm³/mol. The molecular formula is C26H31N5O3. The first-order valence-electron chi connectivity index (χ1n) is 12.1. The maximum absolute atomic E-state index is 13.0. The van der Waals surface area contributed by atoms with Crippen molar-refractivity contribution in [2.45, 2.75) is 25.6 Å². The van der Waals surface area contributed by atoms with E-state index in [1.165, 1.54) is 4.90 Å². The molecule has 8 nitrogen and oxygen atoms in total. The first-order valence-corrected chi connectivity index (χ1v) is 12.1. The van der Waals surface area contributed by atoms with Crippen molar-refractivity contribution in [3.63, 3.8) is 0 Å². The van der Waals surface area contributed by atoms with Crippen LogP contribution in [0.2, 0.25) is 0 Å². The van der Waals surface area contributed by atoms with Crippen LogP contribution in [0.25, 0.3) is 0 Å². The van der Waals surface area contributed by atoms with E-state index < -0.39 is 0 Å². The lowest BCUT2D eigenvalue weighted by atomic mass is 9.85. The summed E-state index contributed by atoms with van der Waals surface area (Å²) in [7, 11) is 0. The quantitative estimate of drug-likeness (QED) is 0.440. The van der Waals surface area contributed by atoms with E-state index >= 15 is 0 Å². The largest absolute Gasteiger partial charge is 0.370 e. The number of piperazine rings is 1. The van der Waals surface area contributed by atoms with Gasteiger partial charge in [-0.15, -0.1) is 0 Å². The van der Waals surface area contributed by atoms with E-state index in [4.69, 9.17) is 4.74 Å². The SMILES string of the molecule is O=C1[C@H]2CC=CC[C@H]2C(=O)N1CC(CN1CCN(c2ccccn2)CC1)OCc1cccnc1. The molecule has 5 rings (SSSR count). The smallest absolute Gasteiger partial charge is 0.233 e. The van der Waals surface area contributed by atoms with Crippen LogP contribution in [0.4, 0.5) is 5.82 Å². The number of amides is 2. The molecule has 8 heteroatoms. The summed E-state index contributed by atoms with van der Waals surface area (Å²) in [6.45, 7) is 4.87. The molecule has 3 aliphatic rings. The molecule has 4 heterocycles. The second-order valence-corrected chi connectivity index (χ2v) is 9.21. The second kappa shape index (κ2) is 10.4. The Hall–Kier alpha value is -3.10. The summed E-state index contributed by atoms with van der Waals surface area (Å²) in [5.41, 5.74) is 0.976. The van der Waals surface area contributed by atoms with Crippen molar-refractivity contribution in [1.82, 2.24) is 19.8 Å². The number of likely N-dealkylation sites (tertiary alicyclic amines) is 1. The maximum atomic E-state index is 13.0. The van der Waals surface area contributed by atoms with Crippen LogP contribution < -0.4 is 4.90 Å². The number of rotatable bonds is 8. The molecule has 0 radical (unpaired) electrons. The lowest BCUT2D eigenvalue weighted by molar-refractivity contribution is -0.142. The third kappa shape index (κ3) is 5.03. The first kappa shape index (κ1) is 22.7. The normalized spacial score (nSPS) is 23.9. The van der Waals surface area contributed by atoms with Crippen molar-refractivity contribution < 1.29 is 14.3 Å². The summed E-state index contributed by atoms with van der Waals surface area (Å²) >= 11 is 0. The molecule has 0 aromatic carbocycles. The molecule has 34 heavy (non-hydrogen) atoms. The highest BCUT2D eigenvalue weighted by atomic mass is 16.5. The molecular weight excluding hydrogens is 430 g/mol. The average Bonchev–Trinajstić information content (AvgIpc) is 3.14. The number of imide groups is 1. The Bertz CT molecular complexity index is 982. The molecule has 2 aliphatic heterocycles. The van der Waals surface area contributed by atoms with Gasteiger partial charge in [0.05, 0.1) is 31.1 Å². The summed E-state index contributed by atoms with van der Waals surface area (Å²) in [5, 5.41) is 0. The van der Waals surface area contributed by atoms with Crippen molar-refractivity contribution in [2.24, 2.45) is 11.8 Å². The Morgan fingerprint density at radius 3 is 2.32 bits per heavy atom. The van der Waals surface area contributed by atoms with Gasteiger partial charge in [0.1, 0.15) is 5.82 Å². The van der Waals surface area contributed by atoms with Crippen LogP contribution in [0.3, 0.4) is 0 Å². The zero-order valence-electron chi connectivity index (χ0n) is 19.3. The van der Waals surface area contributed by atoms with E-state index in [2.05, 4.69) is 19.8 Å². The van der Waals surface area contributed by atoms with E-state index in [1.54, 1.807) is 12.4 Å². The number of hydrogen-bond acceptors (Lipinski definition) is 7. The minimum absolute atomic E-state index is 0.0469. The molecule has 2 aromatic rings. The number of pyridine rings is 2. The molecule has 1 aliphatic carbocycles. The number of ether oxygens (including phenoxy) is 1.